The number of rotatable bonds is 2. The average Bonchev–Trinajstić information content (AvgIpc) is 3.09. The summed E-state index contributed by atoms with van der Waals surface area (Å²) in [5.41, 5.74) is 1.47. The van der Waals surface area contributed by atoms with Crippen molar-refractivity contribution in [2.24, 2.45) is 0 Å². The fourth-order valence-corrected chi connectivity index (χ4v) is 3.06. The lowest BCUT2D eigenvalue weighted by atomic mass is 9.96. The lowest BCUT2D eigenvalue weighted by Crippen LogP contribution is -2.20. The zero-order chi connectivity index (χ0) is 11.2. The van der Waals surface area contributed by atoms with Gasteiger partial charge in [0.25, 0.3) is 0 Å². The Labute approximate surface area is 98.2 Å². The first-order valence-electron chi connectivity index (χ1n) is 5.47. The Bertz CT molecular complexity index is 454. The fraction of sp³-hybridized carbons (Fsp3) is 0.417. The van der Waals surface area contributed by atoms with E-state index in [-0.39, 0.29) is 0 Å². The summed E-state index contributed by atoms with van der Waals surface area (Å²) in [6.45, 7) is 0.960. The highest BCUT2D eigenvalue weighted by atomic mass is 32.2. The number of carbonyl (C=O) groups is 1. The second-order valence-electron chi connectivity index (χ2n) is 4.37. The van der Waals surface area contributed by atoms with Gasteiger partial charge in [-0.05, 0) is 30.5 Å². The monoisotopic (exact) mass is 235 g/mol. The van der Waals surface area contributed by atoms with Crippen molar-refractivity contribution in [3.05, 3.63) is 23.8 Å². The number of benzene rings is 1. The quantitative estimate of drug-likeness (QED) is 0.826. The molecule has 4 heteroatoms. The first-order valence-corrected chi connectivity index (χ1v) is 6.45. The van der Waals surface area contributed by atoms with Gasteiger partial charge in [-0.25, -0.2) is 0 Å². The maximum atomic E-state index is 11.2. The van der Waals surface area contributed by atoms with Crippen LogP contribution >= 0.6 is 11.8 Å². The van der Waals surface area contributed by atoms with E-state index in [2.05, 4.69) is 5.32 Å². The van der Waals surface area contributed by atoms with Crippen molar-refractivity contribution in [2.45, 2.75) is 23.2 Å². The van der Waals surface area contributed by atoms with E-state index in [4.69, 9.17) is 0 Å². The predicted molar refractivity (Wildman–Crippen MR) is 64.2 cm³/mol. The Morgan fingerprint density at radius 1 is 1.44 bits per heavy atom. The minimum absolute atomic E-state index is 0.585. The molecule has 2 N–H and O–H groups in total. The molecule has 0 aromatic heterocycles. The normalized spacial score (nSPS) is 20.8. The second-order valence-corrected chi connectivity index (χ2v) is 5.51. The first kappa shape index (κ1) is 10.0. The van der Waals surface area contributed by atoms with Gasteiger partial charge in [0.2, 0.25) is 0 Å². The van der Waals surface area contributed by atoms with Crippen LogP contribution in [-0.2, 0) is 10.2 Å². The summed E-state index contributed by atoms with van der Waals surface area (Å²) in [5, 5.41) is 12.6. The molecule has 1 saturated carbocycles. The second kappa shape index (κ2) is 3.42. The van der Waals surface area contributed by atoms with Crippen LogP contribution in [0.4, 0.5) is 5.69 Å². The SMILES string of the molecule is O=C(O)C1(c2ccc3c(c2)NCCS3)CC1. The van der Waals surface area contributed by atoms with Crippen LogP contribution in [0.1, 0.15) is 18.4 Å². The van der Waals surface area contributed by atoms with E-state index in [1.807, 2.05) is 30.0 Å². The molecule has 0 unspecified atom stereocenters. The van der Waals surface area contributed by atoms with Gasteiger partial charge in [-0.1, -0.05) is 6.07 Å². The fourth-order valence-electron chi connectivity index (χ4n) is 2.19. The van der Waals surface area contributed by atoms with Crippen molar-refractivity contribution in [1.29, 1.82) is 0 Å². The lowest BCUT2D eigenvalue weighted by Gasteiger charge is -2.20. The van der Waals surface area contributed by atoms with E-state index in [1.54, 1.807) is 0 Å². The van der Waals surface area contributed by atoms with Gasteiger partial charge in [-0.15, -0.1) is 11.8 Å². The van der Waals surface area contributed by atoms with Crippen molar-refractivity contribution in [3.63, 3.8) is 0 Å². The van der Waals surface area contributed by atoms with Gasteiger partial charge >= 0.3 is 5.97 Å². The molecule has 84 valence electrons. The van der Waals surface area contributed by atoms with Crippen LogP contribution < -0.4 is 5.32 Å². The Kier molecular flexibility index (Phi) is 2.14. The Hall–Kier alpha value is -1.16. The molecular weight excluding hydrogens is 222 g/mol. The molecule has 1 heterocycles. The third-order valence-corrected chi connectivity index (χ3v) is 4.44. The van der Waals surface area contributed by atoms with Crippen LogP contribution in [0.5, 0.6) is 0 Å². The molecule has 0 amide bonds. The van der Waals surface area contributed by atoms with Crippen molar-refractivity contribution in [2.75, 3.05) is 17.6 Å². The molecule has 16 heavy (non-hydrogen) atoms. The zero-order valence-corrected chi connectivity index (χ0v) is 9.64. The predicted octanol–water partition coefficient (Wildman–Crippen LogP) is 2.32. The summed E-state index contributed by atoms with van der Waals surface area (Å²) >= 11 is 1.83. The van der Waals surface area contributed by atoms with Gasteiger partial charge in [-0.3, -0.25) is 4.79 Å². The van der Waals surface area contributed by atoms with Crippen molar-refractivity contribution in [3.8, 4) is 0 Å². The lowest BCUT2D eigenvalue weighted by molar-refractivity contribution is -0.140. The van der Waals surface area contributed by atoms with Crippen LogP contribution in [0.2, 0.25) is 0 Å². The smallest absolute Gasteiger partial charge is 0.314 e. The summed E-state index contributed by atoms with van der Waals surface area (Å²) in [6, 6.07) is 6.03. The summed E-state index contributed by atoms with van der Waals surface area (Å²) in [6.07, 6.45) is 1.54. The Morgan fingerprint density at radius 2 is 2.25 bits per heavy atom. The van der Waals surface area contributed by atoms with Crippen LogP contribution in [0.25, 0.3) is 0 Å². The van der Waals surface area contributed by atoms with Gasteiger partial charge < -0.3 is 10.4 Å². The Balaban J connectivity index is 2.00. The summed E-state index contributed by atoms with van der Waals surface area (Å²) < 4.78 is 0. The third kappa shape index (κ3) is 1.40. The van der Waals surface area contributed by atoms with Crippen molar-refractivity contribution in [1.82, 2.24) is 0 Å². The van der Waals surface area contributed by atoms with Gasteiger partial charge in [0.1, 0.15) is 0 Å². The standard InChI is InChI=1S/C12H13NO2S/c14-11(15)12(3-4-12)8-1-2-10-9(7-8)13-5-6-16-10/h1-2,7,13H,3-6H2,(H,14,15). The molecule has 2 aliphatic rings. The van der Waals surface area contributed by atoms with Crippen molar-refractivity contribution >= 4 is 23.4 Å². The molecule has 0 radical (unpaired) electrons. The Morgan fingerprint density at radius 3 is 2.94 bits per heavy atom. The van der Waals surface area contributed by atoms with Crippen LogP contribution in [0.15, 0.2) is 23.1 Å². The molecule has 0 atom stereocenters. The topological polar surface area (TPSA) is 49.3 Å². The number of anilines is 1. The number of nitrogens with one attached hydrogen (secondary N) is 1. The third-order valence-electron chi connectivity index (χ3n) is 3.37. The highest BCUT2D eigenvalue weighted by molar-refractivity contribution is 7.99. The molecule has 3 rings (SSSR count). The van der Waals surface area contributed by atoms with Crippen molar-refractivity contribution < 1.29 is 9.90 Å². The molecule has 0 spiro atoms. The highest BCUT2D eigenvalue weighted by Crippen LogP contribution is 2.49. The summed E-state index contributed by atoms with van der Waals surface area (Å²) in [4.78, 5) is 12.5. The number of thioether (sulfide) groups is 1. The van der Waals surface area contributed by atoms with E-state index < -0.39 is 11.4 Å². The van der Waals surface area contributed by atoms with E-state index in [1.165, 1.54) is 4.90 Å². The zero-order valence-electron chi connectivity index (χ0n) is 8.82. The average molecular weight is 235 g/mol. The molecule has 1 aliphatic carbocycles. The van der Waals surface area contributed by atoms with Crippen LogP contribution in [0, 0.1) is 0 Å². The molecule has 0 bridgehead atoms. The molecule has 1 aromatic carbocycles. The molecule has 1 aromatic rings. The van der Waals surface area contributed by atoms with E-state index in [0.29, 0.717) is 0 Å². The summed E-state index contributed by atoms with van der Waals surface area (Å²) in [7, 11) is 0. The van der Waals surface area contributed by atoms with Crippen LogP contribution in [-0.4, -0.2) is 23.4 Å². The molecule has 3 nitrogen and oxygen atoms in total. The van der Waals surface area contributed by atoms with E-state index in [0.717, 1.165) is 36.4 Å². The van der Waals surface area contributed by atoms with E-state index >= 15 is 0 Å². The minimum Gasteiger partial charge on any atom is -0.481 e. The largest absolute Gasteiger partial charge is 0.481 e. The van der Waals surface area contributed by atoms with Gasteiger partial charge in [0.05, 0.1) is 5.41 Å². The van der Waals surface area contributed by atoms with Gasteiger partial charge in [-0.2, -0.15) is 0 Å². The number of carboxylic acids is 1. The van der Waals surface area contributed by atoms with Gasteiger partial charge in [0, 0.05) is 22.9 Å². The molecule has 1 fully saturated rings. The summed E-state index contributed by atoms with van der Waals surface area (Å²) in [5.74, 6) is 0.395. The number of carboxylic acid groups (broad SMARTS) is 1. The maximum absolute atomic E-state index is 11.2. The number of aliphatic carboxylic acids is 1. The number of fused-ring (bicyclic) bond motifs is 1. The highest BCUT2D eigenvalue weighted by Gasteiger charge is 2.51. The first-order chi connectivity index (χ1) is 7.72. The maximum Gasteiger partial charge on any atom is 0.314 e. The van der Waals surface area contributed by atoms with E-state index in [9.17, 15) is 9.90 Å². The molecule has 1 aliphatic heterocycles. The minimum atomic E-state index is -0.684. The number of hydrogen-bond donors (Lipinski definition) is 2. The number of hydrogen-bond acceptors (Lipinski definition) is 3. The van der Waals surface area contributed by atoms with Gasteiger partial charge in [0.15, 0.2) is 0 Å². The van der Waals surface area contributed by atoms with Crippen LogP contribution in [0.3, 0.4) is 0 Å². The molecule has 0 saturated heterocycles. The molecular formula is C12H13NO2S.